The average Bonchev–Trinajstić information content (AvgIpc) is 2.77. The van der Waals surface area contributed by atoms with E-state index in [1.54, 1.807) is 6.26 Å². The number of hydrogen-bond acceptors (Lipinski definition) is 3. The van der Waals surface area contributed by atoms with Crippen molar-refractivity contribution in [1.82, 2.24) is 5.32 Å². The van der Waals surface area contributed by atoms with Gasteiger partial charge < -0.3 is 9.73 Å². The molecule has 3 heteroatoms. The monoisotopic (exact) mass is 211 g/mol. The molecule has 2 unspecified atom stereocenters. The van der Waals surface area contributed by atoms with Crippen molar-refractivity contribution in [2.45, 2.75) is 37.6 Å². The van der Waals surface area contributed by atoms with E-state index < -0.39 is 0 Å². The van der Waals surface area contributed by atoms with Gasteiger partial charge >= 0.3 is 0 Å². The smallest absolute Gasteiger partial charge is 0.120 e. The lowest BCUT2D eigenvalue weighted by molar-refractivity contribution is 0.387. The molecule has 1 fully saturated rings. The van der Waals surface area contributed by atoms with Crippen molar-refractivity contribution in [2.24, 2.45) is 0 Å². The molecule has 0 bridgehead atoms. The van der Waals surface area contributed by atoms with Gasteiger partial charge in [0.15, 0.2) is 0 Å². The van der Waals surface area contributed by atoms with Crippen LogP contribution in [0.2, 0.25) is 0 Å². The van der Waals surface area contributed by atoms with E-state index in [1.165, 1.54) is 12.2 Å². The molecule has 1 saturated heterocycles. The first-order valence-corrected chi connectivity index (χ1v) is 6.23. The minimum atomic E-state index is 0.330. The first-order chi connectivity index (χ1) is 6.77. The standard InChI is InChI=1S/C11H17NOS/c1-8(11-4-3-6-13-11)12-10-5-7-14-9(10)2/h3-4,6,8-10,12H,5,7H2,1-2H3/t8-,9?,10?/m1/s1. The van der Waals surface area contributed by atoms with Gasteiger partial charge in [0.2, 0.25) is 0 Å². The summed E-state index contributed by atoms with van der Waals surface area (Å²) in [5, 5.41) is 4.35. The molecule has 0 spiro atoms. The van der Waals surface area contributed by atoms with Gasteiger partial charge in [-0.15, -0.1) is 0 Å². The molecule has 14 heavy (non-hydrogen) atoms. The molecule has 1 aromatic heterocycles. The van der Waals surface area contributed by atoms with Crippen LogP contribution in [0.25, 0.3) is 0 Å². The Balaban J connectivity index is 1.91. The Labute approximate surface area is 89.4 Å². The van der Waals surface area contributed by atoms with Crippen LogP contribution < -0.4 is 5.32 Å². The van der Waals surface area contributed by atoms with Gasteiger partial charge in [0.1, 0.15) is 5.76 Å². The van der Waals surface area contributed by atoms with E-state index in [2.05, 4.69) is 30.9 Å². The number of nitrogens with one attached hydrogen (secondary N) is 1. The van der Waals surface area contributed by atoms with Gasteiger partial charge in [-0.05, 0) is 31.2 Å². The summed E-state index contributed by atoms with van der Waals surface area (Å²) in [5.41, 5.74) is 0. The Morgan fingerprint density at radius 2 is 2.50 bits per heavy atom. The van der Waals surface area contributed by atoms with Crippen LogP contribution in [0.4, 0.5) is 0 Å². The summed E-state index contributed by atoms with van der Waals surface area (Å²) in [6.07, 6.45) is 3.01. The number of hydrogen-bond donors (Lipinski definition) is 1. The molecule has 0 radical (unpaired) electrons. The van der Waals surface area contributed by atoms with Gasteiger partial charge in [-0.2, -0.15) is 11.8 Å². The summed E-state index contributed by atoms with van der Waals surface area (Å²) < 4.78 is 5.37. The molecule has 1 aliphatic heterocycles. The van der Waals surface area contributed by atoms with E-state index in [-0.39, 0.29) is 0 Å². The SMILES string of the molecule is CC1SCCC1N[C@H](C)c1ccco1. The second-order valence-electron chi connectivity index (χ2n) is 3.87. The molecular formula is C11H17NOS. The van der Waals surface area contributed by atoms with Crippen LogP contribution in [0, 0.1) is 0 Å². The van der Waals surface area contributed by atoms with E-state index in [9.17, 15) is 0 Å². The maximum Gasteiger partial charge on any atom is 0.120 e. The highest BCUT2D eigenvalue weighted by Gasteiger charge is 2.25. The molecule has 2 nitrogen and oxygen atoms in total. The number of thioether (sulfide) groups is 1. The maximum atomic E-state index is 5.37. The predicted molar refractivity (Wildman–Crippen MR) is 60.6 cm³/mol. The van der Waals surface area contributed by atoms with Gasteiger partial charge in [0, 0.05) is 11.3 Å². The number of rotatable bonds is 3. The molecule has 2 heterocycles. The predicted octanol–water partition coefficient (Wildman–Crippen LogP) is 2.82. The molecule has 0 amide bonds. The summed E-state index contributed by atoms with van der Waals surface area (Å²) >= 11 is 2.05. The Morgan fingerprint density at radius 3 is 3.07 bits per heavy atom. The van der Waals surface area contributed by atoms with E-state index in [0.717, 1.165) is 11.0 Å². The fourth-order valence-electron chi connectivity index (χ4n) is 1.89. The van der Waals surface area contributed by atoms with Crippen molar-refractivity contribution in [3.63, 3.8) is 0 Å². The normalized spacial score (nSPS) is 29.3. The average molecular weight is 211 g/mol. The molecule has 3 atom stereocenters. The zero-order chi connectivity index (χ0) is 9.97. The zero-order valence-corrected chi connectivity index (χ0v) is 9.51. The van der Waals surface area contributed by atoms with Gasteiger partial charge in [0.25, 0.3) is 0 Å². The minimum absolute atomic E-state index is 0.330. The highest BCUT2D eigenvalue weighted by Crippen LogP contribution is 2.28. The summed E-state index contributed by atoms with van der Waals surface area (Å²) in [5.74, 6) is 2.32. The van der Waals surface area contributed by atoms with Gasteiger partial charge in [-0.1, -0.05) is 6.92 Å². The van der Waals surface area contributed by atoms with E-state index in [0.29, 0.717) is 12.1 Å². The van der Waals surface area contributed by atoms with E-state index in [4.69, 9.17) is 4.42 Å². The summed E-state index contributed by atoms with van der Waals surface area (Å²) in [7, 11) is 0. The largest absolute Gasteiger partial charge is 0.468 e. The molecule has 0 saturated carbocycles. The van der Waals surface area contributed by atoms with Crippen molar-refractivity contribution in [1.29, 1.82) is 0 Å². The third kappa shape index (κ3) is 2.15. The number of furan rings is 1. The lowest BCUT2D eigenvalue weighted by Gasteiger charge is -2.20. The second kappa shape index (κ2) is 4.41. The highest BCUT2D eigenvalue weighted by molar-refractivity contribution is 8.00. The van der Waals surface area contributed by atoms with Gasteiger partial charge in [-0.25, -0.2) is 0 Å². The highest BCUT2D eigenvalue weighted by atomic mass is 32.2. The van der Waals surface area contributed by atoms with Crippen LogP contribution in [0.1, 0.15) is 32.1 Å². The fraction of sp³-hybridized carbons (Fsp3) is 0.636. The topological polar surface area (TPSA) is 25.2 Å². The fourth-order valence-corrected chi connectivity index (χ4v) is 3.10. The van der Waals surface area contributed by atoms with Crippen LogP contribution >= 0.6 is 11.8 Å². The van der Waals surface area contributed by atoms with Crippen LogP contribution in [0.15, 0.2) is 22.8 Å². The quantitative estimate of drug-likeness (QED) is 0.832. The molecule has 1 aliphatic rings. The Kier molecular flexibility index (Phi) is 3.19. The van der Waals surface area contributed by atoms with Crippen molar-refractivity contribution in [2.75, 3.05) is 5.75 Å². The Hall–Kier alpha value is -0.410. The van der Waals surface area contributed by atoms with Crippen molar-refractivity contribution >= 4 is 11.8 Å². The second-order valence-corrected chi connectivity index (χ2v) is 5.36. The molecule has 0 aromatic carbocycles. The van der Waals surface area contributed by atoms with Crippen LogP contribution in [-0.2, 0) is 0 Å². The molecule has 0 aliphatic carbocycles. The van der Waals surface area contributed by atoms with Crippen molar-refractivity contribution in [3.05, 3.63) is 24.2 Å². The molecule has 2 rings (SSSR count). The zero-order valence-electron chi connectivity index (χ0n) is 8.69. The first-order valence-electron chi connectivity index (χ1n) is 5.18. The molecule has 78 valence electrons. The molecule has 1 N–H and O–H groups in total. The summed E-state index contributed by atoms with van der Waals surface area (Å²) in [6.45, 7) is 4.46. The lowest BCUT2D eigenvalue weighted by atomic mass is 10.1. The lowest BCUT2D eigenvalue weighted by Crippen LogP contribution is -2.35. The first kappa shape index (κ1) is 10.1. The van der Waals surface area contributed by atoms with Crippen LogP contribution in [0.3, 0.4) is 0 Å². The van der Waals surface area contributed by atoms with E-state index >= 15 is 0 Å². The molecule has 1 aromatic rings. The van der Waals surface area contributed by atoms with Gasteiger partial charge in [0.05, 0.1) is 12.3 Å². The van der Waals surface area contributed by atoms with Gasteiger partial charge in [-0.3, -0.25) is 0 Å². The Bertz CT molecular complexity index is 273. The Morgan fingerprint density at radius 1 is 1.64 bits per heavy atom. The summed E-state index contributed by atoms with van der Waals surface area (Å²) in [4.78, 5) is 0. The summed E-state index contributed by atoms with van der Waals surface area (Å²) in [6, 6.07) is 4.95. The van der Waals surface area contributed by atoms with Crippen molar-refractivity contribution < 1.29 is 4.42 Å². The van der Waals surface area contributed by atoms with E-state index in [1.807, 2.05) is 12.1 Å². The molecular weight excluding hydrogens is 194 g/mol. The van der Waals surface area contributed by atoms with Crippen LogP contribution in [0.5, 0.6) is 0 Å². The minimum Gasteiger partial charge on any atom is -0.468 e. The van der Waals surface area contributed by atoms with Crippen molar-refractivity contribution in [3.8, 4) is 0 Å². The maximum absolute atomic E-state index is 5.37. The van der Waals surface area contributed by atoms with Crippen LogP contribution in [-0.4, -0.2) is 17.0 Å². The third-order valence-corrected chi connectivity index (χ3v) is 4.14. The third-order valence-electron chi connectivity index (χ3n) is 2.81.